The van der Waals surface area contributed by atoms with E-state index in [1.54, 1.807) is 6.20 Å². The summed E-state index contributed by atoms with van der Waals surface area (Å²) >= 11 is 15.5. The Kier molecular flexibility index (Phi) is 2.69. The molecule has 0 aliphatic rings. The van der Waals surface area contributed by atoms with E-state index in [4.69, 9.17) is 23.2 Å². The van der Waals surface area contributed by atoms with Gasteiger partial charge in [-0.1, -0.05) is 23.2 Å². The maximum Gasteiger partial charge on any atom is 0.0729 e. The van der Waals surface area contributed by atoms with Crippen LogP contribution in [0, 0.1) is 6.92 Å². The zero-order chi connectivity index (χ0) is 10.3. The predicted octanol–water partition coefficient (Wildman–Crippen LogP) is 4.61. The van der Waals surface area contributed by atoms with Gasteiger partial charge in [0.25, 0.3) is 0 Å². The highest BCUT2D eigenvalue weighted by molar-refractivity contribution is 9.10. The lowest BCUT2D eigenvalue weighted by atomic mass is 10.2. The molecule has 2 aromatic rings. The molecule has 0 aliphatic carbocycles. The summed E-state index contributed by atoms with van der Waals surface area (Å²) in [5, 5.41) is 2.25. The van der Waals surface area contributed by atoms with Crippen molar-refractivity contribution in [1.82, 2.24) is 4.98 Å². The average Bonchev–Trinajstić information content (AvgIpc) is 2.15. The van der Waals surface area contributed by atoms with E-state index < -0.39 is 0 Å². The summed E-state index contributed by atoms with van der Waals surface area (Å²) in [6, 6.07) is 3.69. The molecule has 0 aliphatic heterocycles. The van der Waals surface area contributed by atoms with Crippen molar-refractivity contribution in [3.05, 3.63) is 38.4 Å². The van der Waals surface area contributed by atoms with Crippen LogP contribution in [0.4, 0.5) is 0 Å². The smallest absolute Gasteiger partial charge is 0.0729 e. The van der Waals surface area contributed by atoms with Gasteiger partial charge in [0, 0.05) is 16.1 Å². The molecule has 4 heteroatoms. The van der Waals surface area contributed by atoms with Crippen LogP contribution >= 0.6 is 39.1 Å². The first-order chi connectivity index (χ1) is 6.59. The highest BCUT2D eigenvalue weighted by Crippen LogP contribution is 2.32. The molecule has 0 bridgehead atoms. The van der Waals surface area contributed by atoms with Crippen molar-refractivity contribution >= 4 is 50.0 Å². The Labute approximate surface area is 100 Å². The van der Waals surface area contributed by atoms with Crippen molar-refractivity contribution in [2.45, 2.75) is 6.92 Å². The third-order valence-corrected chi connectivity index (χ3v) is 3.72. The molecule has 1 heterocycles. The number of pyridine rings is 1. The second-order valence-electron chi connectivity index (χ2n) is 3.04. The second-order valence-corrected chi connectivity index (χ2v) is 4.68. The van der Waals surface area contributed by atoms with Gasteiger partial charge < -0.3 is 0 Å². The van der Waals surface area contributed by atoms with Crippen LogP contribution in [0.15, 0.2) is 22.8 Å². The lowest BCUT2D eigenvalue weighted by molar-refractivity contribution is 1.33. The van der Waals surface area contributed by atoms with Crippen molar-refractivity contribution in [3.8, 4) is 0 Å². The van der Waals surface area contributed by atoms with E-state index in [0.717, 1.165) is 20.9 Å². The first-order valence-corrected chi connectivity index (χ1v) is 5.54. The van der Waals surface area contributed by atoms with Crippen molar-refractivity contribution in [2.24, 2.45) is 0 Å². The second kappa shape index (κ2) is 3.69. The molecule has 0 saturated carbocycles. The molecule has 0 amide bonds. The van der Waals surface area contributed by atoms with Gasteiger partial charge in [-0.3, -0.25) is 4.98 Å². The van der Waals surface area contributed by atoms with Gasteiger partial charge in [-0.2, -0.15) is 0 Å². The minimum Gasteiger partial charge on any atom is -0.256 e. The highest BCUT2D eigenvalue weighted by atomic mass is 79.9. The molecule has 1 aromatic carbocycles. The van der Waals surface area contributed by atoms with Gasteiger partial charge in [0.05, 0.1) is 15.6 Å². The molecule has 2 rings (SSSR count). The fraction of sp³-hybridized carbons (Fsp3) is 0.100. The molecule has 1 nitrogen and oxygen atoms in total. The van der Waals surface area contributed by atoms with E-state index in [2.05, 4.69) is 20.9 Å². The lowest BCUT2D eigenvalue weighted by Crippen LogP contribution is -1.84. The molecule has 0 unspecified atom stereocenters. The molecule has 0 fully saturated rings. The van der Waals surface area contributed by atoms with Crippen LogP contribution in [0.3, 0.4) is 0 Å². The van der Waals surface area contributed by atoms with Crippen LogP contribution in [0.1, 0.15) is 5.56 Å². The van der Waals surface area contributed by atoms with Crippen LogP contribution in [0.5, 0.6) is 0 Å². The van der Waals surface area contributed by atoms with Gasteiger partial charge in [-0.25, -0.2) is 0 Å². The Morgan fingerprint density at radius 2 is 2.00 bits per heavy atom. The van der Waals surface area contributed by atoms with Crippen LogP contribution in [-0.4, -0.2) is 4.98 Å². The van der Waals surface area contributed by atoms with Gasteiger partial charge in [0.15, 0.2) is 0 Å². The molecule has 72 valence electrons. The van der Waals surface area contributed by atoms with Gasteiger partial charge >= 0.3 is 0 Å². The number of benzene rings is 1. The average molecular weight is 291 g/mol. The van der Waals surface area contributed by atoms with Gasteiger partial charge in [-0.15, -0.1) is 0 Å². The number of fused-ring (bicyclic) bond motifs is 1. The molecule has 0 spiro atoms. The standard InChI is InChI=1S/C10H6BrCl2N/c1-5-4-14-9-3-7(11)8(12)2-6(9)10(5)13/h2-4H,1H3. The predicted molar refractivity (Wildman–Crippen MR) is 64.2 cm³/mol. The molecular formula is C10H6BrCl2N. The Hall–Kier alpha value is -0.310. The van der Waals surface area contributed by atoms with E-state index in [0.29, 0.717) is 10.0 Å². The molecule has 0 radical (unpaired) electrons. The number of hydrogen-bond acceptors (Lipinski definition) is 1. The highest BCUT2D eigenvalue weighted by Gasteiger charge is 2.06. The monoisotopic (exact) mass is 289 g/mol. The van der Waals surface area contributed by atoms with E-state index in [1.165, 1.54) is 0 Å². The van der Waals surface area contributed by atoms with Gasteiger partial charge in [0.2, 0.25) is 0 Å². The van der Waals surface area contributed by atoms with E-state index >= 15 is 0 Å². The van der Waals surface area contributed by atoms with Crippen LogP contribution < -0.4 is 0 Å². The summed E-state index contributed by atoms with van der Waals surface area (Å²) in [5.74, 6) is 0. The maximum atomic E-state index is 6.14. The zero-order valence-electron chi connectivity index (χ0n) is 7.31. The van der Waals surface area contributed by atoms with E-state index in [-0.39, 0.29) is 0 Å². The first kappa shape index (κ1) is 10.2. The summed E-state index contributed by atoms with van der Waals surface area (Å²) in [7, 11) is 0. The number of halogens is 3. The van der Waals surface area contributed by atoms with Crippen LogP contribution in [0.2, 0.25) is 10.0 Å². The molecule has 1 aromatic heterocycles. The largest absolute Gasteiger partial charge is 0.256 e. The van der Waals surface area contributed by atoms with Crippen LogP contribution in [0.25, 0.3) is 10.9 Å². The minimum atomic E-state index is 0.645. The number of aryl methyl sites for hydroxylation is 1. The Morgan fingerprint density at radius 3 is 2.71 bits per heavy atom. The van der Waals surface area contributed by atoms with Crippen molar-refractivity contribution in [3.63, 3.8) is 0 Å². The number of nitrogens with zero attached hydrogens (tertiary/aromatic N) is 1. The summed E-state index contributed by atoms with van der Waals surface area (Å²) < 4.78 is 0.832. The minimum absolute atomic E-state index is 0.645. The molecule has 0 N–H and O–H groups in total. The van der Waals surface area contributed by atoms with E-state index in [9.17, 15) is 0 Å². The summed E-state index contributed by atoms with van der Waals surface area (Å²) in [6.45, 7) is 1.92. The normalized spacial score (nSPS) is 10.9. The van der Waals surface area contributed by atoms with E-state index in [1.807, 2.05) is 19.1 Å². The van der Waals surface area contributed by atoms with Gasteiger partial charge in [-0.05, 0) is 40.5 Å². The maximum absolute atomic E-state index is 6.14. The Balaban J connectivity index is 2.89. The van der Waals surface area contributed by atoms with Crippen molar-refractivity contribution < 1.29 is 0 Å². The SMILES string of the molecule is Cc1cnc2cc(Br)c(Cl)cc2c1Cl. The summed E-state index contributed by atoms with van der Waals surface area (Å²) in [5.41, 5.74) is 1.80. The first-order valence-electron chi connectivity index (χ1n) is 3.99. The van der Waals surface area contributed by atoms with Crippen molar-refractivity contribution in [1.29, 1.82) is 0 Å². The number of aromatic nitrogens is 1. The molecule has 0 saturated heterocycles. The fourth-order valence-electron chi connectivity index (χ4n) is 1.25. The quantitative estimate of drug-likeness (QED) is 0.690. The molecule has 0 atom stereocenters. The zero-order valence-corrected chi connectivity index (χ0v) is 10.4. The third kappa shape index (κ3) is 1.62. The molecular weight excluding hydrogens is 285 g/mol. The van der Waals surface area contributed by atoms with Crippen LogP contribution in [-0.2, 0) is 0 Å². The summed E-state index contributed by atoms with van der Waals surface area (Å²) in [4.78, 5) is 4.27. The van der Waals surface area contributed by atoms with Crippen molar-refractivity contribution in [2.75, 3.05) is 0 Å². The lowest BCUT2D eigenvalue weighted by Gasteiger charge is -2.04. The Morgan fingerprint density at radius 1 is 1.29 bits per heavy atom. The Bertz CT molecular complexity index is 511. The molecule has 14 heavy (non-hydrogen) atoms. The number of hydrogen-bond donors (Lipinski definition) is 0. The topological polar surface area (TPSA) is 12.9 Å². The number of rotatable bonds is 0. The fourth-order valence-corrected chi connectivity index (χ4v) is 1.95. The van der Waals surface area contributed by atoms with Gasteiger partial charge in [0.1, 0.15) is 0 Å². The summed E-state index contributed by atoms with van der Waals surface area (Å²) in [6.07, 6.45) is 1.75. The third-order valence-electron chi connectivity index (χ3n) is 2.02.